The fraction of sp³-hybridized carbons (Fsp3) is 0.179. The summed E-state index contributed by atoms with van der Waals surface area (Å²) in [5, 5.41) is 2.64. The Kier molecular flexibility index (Phi) is 5.25. The van der Waals surface area contributed by atoms with Gasteiger partial charge in [-0.05, 0) is 42.0 Å². The Bertz CT molecular complexity index is 1480. The summed E-state index contributed by atoms with van der Waals surface area (Å²) >= 11 is 3.39. The lowest BCUT2D eigenvalue weighted by molar-refractivity contribution is -0.127. The number of ketones is 2. The fourth-order valence-corrected chi connectivity index (χ4v) is 5.89. The largest absolute Gasteiger partial charge is 0.349 e. The Morgan fingerprint density at radius 3 is 2.03 bits per heavy atom. The average Bonchev–Trinajstić information content (AvgIpc) is 3.45. The van der Waals surface area contributed by atoms with Crippen molar-refractivity contribution in [1.82, 2.24) is 0 Å². The molecule has 2 saturated heterocycles. The Morgan fingerprint density at radius 2 is 1.46 bits per heavy atom. The van der Waals surface area contributed by atoms with Crippen molar-refractivity contribution < 1.29 is 28.7 Å². The van der Waals surface area contributed by atoms with E-state index < -0.39 is 46.9 Å². The van der Waals surface area contributed by atoms with Crippen LogP contribution in [0.1, 0.15) is 39.3 Å². The van der Waals surface area contributed by atoms with Gasteiger partial charge < -0.3 is 10.1 Å². The van der Waals surface area contributed by atoms with Gasteiger partial charge in [0.2, 0.25) is 34.9 Å². The first-order valence-electron chi connectivity index (χ1n) is 11.6. The quantitative estimate of drug-likeness (QED) is 0.382. The Balaban J connectivity index is 1.48. The van der Waals surface area contributed by atoms with Crippen molar-refractivity contribution in [3.05, 3.63) is 94.0 Å². The third kappa shape index (κ3) is 3.27. The molecule has 1 aliphatic carbocycles. The van der Waals surface area contributed by atoms with E-state index >= 15 is 0 Å². The van der Waals surface area contributed by atoms with Gasteiger partial charge in [-0.1, -0.05) is 52.3 Å². The number of nitrogens with one attached hydrogen (secondary N) is 1. The van der Waals surface area contributed by atoms with Gasteiger partial charge in [-0.3, -0.25) is 24.0 Å². The highest BCUT2D eigenvalue weighted by atomic mass is 79.9. The molecule has 184 valence electrons. The molecule has 0 saturated carbocycles. The van der Waals surface area contributed by atoms with Crippen LogP contribution in [-0.4, -0.2) is 34.9 Å². The van der Waals surface area contributed by atoms with E-state index in [0.29, 0.717) is 11.3 Å². The summed E-state index contributed by atoms with van der Waals surface area (Å²) in [4.78, 5) is 67.7. The van der Waals surface area contributed by atoms with Crippen molar-refractivity contribution in [2.24, 2.45) is 11.8 Å². The van der Waals surface area contributed by atoms with Gasteiger partial charge in [0.05, 0.1) is 23.6 Å². The molecule has 3 aromatic carbocycles. The number of nitrogens with zero attached hydrogens (tertiary/aromatic N) is 1. The van der Waals surface area contributed by atoms with Crippen LogP contribution in [0.3, 0.4) is 0 Å². The smallest absolute Gasteiger partial charge is 0.241 e. The lowest BCUT2D eigenvalue weighted by Gasteiger charge is -2.27. The van der Waals surface area contributed by atoms with Crippen LogP contribution in [0.4, 0.5) is 11.4 Å². The zero-order valence-electron chi connectivity index (χ0n) is 19.4. The minimum Gasteiger partial charge on any atom is -0.349 e. The number of halogens is 1. The van der Waals surface area contributed by atoms with Crippen molar-refractivity contribution in [2.75, 3.05) is 10.2 Å². The minimum absolute atomic E-state index is 0.182. The highest BCUT2D eigenvalue weighted by Crippen LogP contribution is 2.57. The maximum Gasteiger partial charge on any atom is 0.241 e. The lowest BCUT2D eigenvalue weighted by atomic mass is 9.77. The molecule has 2 fully saturated rings. The van der Waals surface area contributed by atoms with Gasteiger partial charge in [0, 0.05) is 28.2 Å². The summed E-state index contributed by atoms with van der Waals surface area (Å²) in [6, 6.07) is 19.6. The molecule has 0 unspecified atom stereocenters. The molecule has 0 bridgehead atoms. The van der Waals surface area contributed by atoms with Gasteiger partial charge in [0.15, 0.2) is 0 Å². The zero-order valence-corrected chi connectivity index (χ0v) is 21.0. The molecule has 0 aromatic heterocycles. The molecule has 9 heteroatoms. The molecule has 0 radical (unpaired) electrons. The number of carbonyl (C=O) groups excluding carboxylic acids is 5. The summed E-state index contributed by atoms with van der Waals surface area (Å²) in [6.45, 7) is 1.37. The van der Waals surface area contributed by atoms with Crippen LogP contribution in [0.25, 0.3) is 0 Å². The first kappa shape index (κ1) is 23.4. The topological polar surface area (TPSA) is 110 Å². The molecule has 1 N–H and O–H groups in total. The fourth-order valence-electron chi connectivity index (χ4n) is 5.62. The maximum absolute atomic E-state index is 13.9. The minimum atomic E-state index is -2.12. The van der Waals surface area contributed by atoms with Crippen molar-refractivity contribution in [1.29, 1.82) is 0 Å². The van der Waals surface area contributed by atoms with Crippen molar-refractivity contribution in [3.63, 3.8) is 0 Å². The molecule has 6 rings (SSSR count). The molecule has 3 atom stereocenters. The molecule has 3 amide bonds. The Morgan fingerprint density at radius 1 is 0.865 bits per heavy atom. The number of hydrogen-bond acceptors (Lipinski definition) is 6. The van der Waals surface area contributed by atoms with Crippen LogP contribution in [0.15, 0.2) is 77.3 Å². The molecular weight excluding hydrogens is 540 g/mol. The van der Waals surface area contributed by atoms with E-state index in [1.807, 2.05) is 0 Å². The number of ether oxygens (including phenoxy) is 1. The number of imide groups is 1. The van der Waals surface area contributed by atoms with Crippen LogP contribution in [-0.2, 0) is 19.1 Å². The van der Waals surface area contributed by atoms with Crippen molar-refractivity contribution in [3.8, 4) is 0 Å². The Labute approximate surface area is 219 Å². The molecule has 8 nitrogen and oxygen atoms in total. The Hall–Kier alpha value is -3.95. The number of hydrogen-bond donors (Lipinski definition) is 1. The second kappa shape index (κ2) is 8.29. The van der Waals surface area contributed by atoms with Crippen LogP contribution in [0.2, 0.25) is 0 Å². The summed E-state index contributed by atoms with van der Waals surface area (Å²) < 4.78 is 7.07. The molecule has 3 aromatic rings. The number of rotatable bonds is 3. The van der Waals surface area contributed by atoms with Gasteiger partial charge in [-0.2, -0.15) is 0 Å². The number of benzene rings is 3. The van der Waals surface area contributed by atoms with Gasteiger partial charge >= 0.3 is 0 Å². The first-order valence-corrected chi connectivity index (χ1v) is 12.4. The van der Waals surface area contributed by atoms with Gasteiger partial charge in [-0.15, -0.1) is 0 Å². The van der Waals surface area contributed by atoms with Gasteiger partial charge in [0.25, 0.3) is 0 Å². The highest BCUT2D eigenvalue weighted by Gasteiger charge is 2.74. The lowest BCUT2D eigenvalue weighted by Crippen LogP contribution is -2.51. The van der Waals surface area contributed by atoms with Crippen LogP contribution >= 0.6 is 15.9 Å². The third-order valence-electron chi connectivity index (χ3n) is 7.16. The molecule has 1 spiro atoms. The third-order valence-corrected chi connectivity index (χ3v) is 7.69. The second-order valence-corrected chi connectivity index (χ2v) is 10.2. The molecule has 2 heterocycles. The van der Waals surface area contributed by atoms with Crippen LogP contribution in [0.5, 0.6) is 0 Å². The number of Topliss-reactive ketones (excluding diaryl/α,β-unsaturated/α-hetero) is 2. The van der Waals surface area contributed by atoms with E-state index in [-0.39, 0.29) is 22.7 Å². The predicted octanol–water partition coefficient (Wildman–Crippen LogP) is 4.10. The summed E-state index contributed by atoms with van der Waals surface area (Å²) in [7, 11) is 0. The van der Waals surface area contributed by atoms with E-state index in [1.54, 1.807) is 48.5 Å². The molecular formula is C28H19BrN2O6. The monoisotopic (exact) mass is 558 g/mol. The first-order chi connectivity index (χ1) is 17.7. The van der Waals surface area contributed by atoms with E-state index in [0.717, 1.165) is 9.37 Å². The number of fused-ring (bicyclic) bond motifs is 3. The average molecular weight is 559 g/mol. The standard InChI is InChI=1S/C28H19BrN2O6/c1-14(32)30-17-10-12-18(13-11-17)31-26(35)21-22(27(31)36)28(37-23(21)15-6-8-16(29)9-7-15)24(33)19-4-2-3-5-20(19)25(28)34/h2-13,21-23H,1H3,(H,30,32)/t21-,22-,23+/m0/s1. The van der Waals surface area contributed by atoms with Crippen molar-refractivity contribution >= 4 is 56.6 Å². The van der Waals surface area contributed by atoms with Crippen LogP contribution < -0.4 is 10.2 Å². The normalized spacial score (nSPS) is 23.5. The summed E-state index contributed by atoms with van der Waals surface area (Å²) in [6.07, 6.45) is -0.986. The molecule has 2 aliphatic heterocycles. The molecule has 3 aliphatic rings. The summed E-state index contributed by atoms with van der Waals surface area (Å²) in [5.41, 5.74) is -0.403. The highest BCUT2D eigenvalue weighted by molar-refractivity contribution is 9.10. The van der Waals surface area contributed by atoms with Gasteiger partial charge in [0.1, 0.15) is 0 Å². The maximum atomic E-state index is 13.9. The van der Waals surface area contributed by atoms with E-state index in [1.165, 1.54) is 31.2 Å². The second-order valence-electron chi connectivity index (χ2n) is 9.27. The number of amides is 3. The predicted molar refractivity (Wildman–Crippen MR) is 136 cm³/mol. The zero-order chi connectivity index (χ0) is 26.1. The van der Waals surface area contributed by atoms with E-state index in [2.05, 4.69) is 21.2 Å². The van der Waals surface area contributed by atoms with Crippen molar-refractivity contribution in [2.45, 2.75) is 18.6 Å². The van der Waals surface area contributed by atoms with E-state index in [9.17, 15) is 24.0 Å². The SMILES string of the molecule is CC(=O)Nc1ccc(N2C(=O)[C@@H]3[C@@H](c4ccc(Br)cc4)OC4(C(=O)c5ccccc5C4=O)[C@@H]3C2=O)cc1. The van der Waals surface area contributed by atoms with Crippen LogP contribution in [0, 0.1) is 11.8 Å². The molecule has 37 heavy (non-hydrogen) atoms. The summed E-state index contributed by atoms with van der Waals surface area (Å²) in [5.74, 6) is -5.09. The van der Waals surface area contributed by atoms with Gasteiger partial charge in [-0.25, -0.2) is 4.90 Å². The van der Waals surface area contributed by atoms with E-state index in [4.69, 9.17) is 4.74 Å². The number of carbonyl (C=O) groups is 5. The number of anilines is 2.